The third-order valence-electron chi connectivity index (χ3n) is 2.31. The van der Waals surface area contributed by atoms with Crippen molar-refractivity contribution in [2.24, 2.45) is 0 Å². The molecule has 1 aromatic rings. The molecule has 1 aromatic heterocycles. The molecule has 20 heavy (non-hydrogen) atoms. The number of carbonyl (C=O) groups is 1. The first-order chi connectivity index (χ1) is 9.34. The summed E-state index contributed by atoms with van der Waals surface area (Å²) in [5.41, 5.74) is -1.71. The molecule has 0 fully saturated rings. The van der Waals surface area contributed by atoms with Crippen LogP contribution in [0.3, 0.4) is 0 Å². The Morgan fingerprint density at radius 1 is 1.30 bits per heavy atom. The standard InChI is InChI=1S/C12H14F3NO4/c1-2-19-5-6-20-11(18)8-16-7-9(12(13,14)15)3-4-10(16)17/h3-4,7H,2,5-6,8H2,1H3. The molecule has 1 heterocycles. The van der Waals surface area contributed by atoms with Gasteiger partial charge in [-0.25, -0.2) is 0 Å². The van der Waals surface area contributed by atoms with Crippen LogP contribution in [0.1, 0.15) is 12.5 Å². The summed E-state index contributed by atoms with van der Waals surface area (Å²) < 4.78 is 47.7. The van der Waals surface area contributed by atoms with Crippen molar-refractivity contribution in [3.63, 3.8) is 0 Å². The van der Waals surface area contributed by atoms with Crippen molar-refractivity contribution in [3.05, 3.63) is 34.2 Å². The lowest BCUT2D eigenvalue weighted by Gasteiger charge is -2.10. The van der Waals surface area contributed by atoms with Gasteiger partial charge in [-0.3, -0.25) is 9.59 Å². The second-order valence-electron chi connectivity index (χ2n) is 3.80. The number of esters is 1. The van der Waals surface area contributed by atoms with Gasteiger partial charge in [0, 0.05) is 18.9 Å². The molecule has 0 spiro atoms. The van der Waals surface area contributed by atoms with E-state index >= 15 is 0 Å². The number of pyridine rings is 1. The SMILES string of the molecule is CCOCCOC(=O)Cn1cc(C(F)(F)F)ccc1=O. The number of hydrogen-bond donors (Lipinski definition) is 0. The molecule has 0 aliphatic carbocycles. The van der Waals surface area contributed by atoms with Crippen molar-refractivity contribution in [1.29, 1.82) is 0 Å². The van der Waals surface area contributed by atoms with Crippen LogP contribution in [0.25, 0.3) is 0 Å². The zero-order valence-corrected chi connectivity index (χ0v) is 10.8. The maximum Gasteiger partial charge on any atom is 0.417 e. The van der Waals surface area contributed by atoms with Gasteiger partial charge < -0.3 is 14.0 Å². The fraction of sp³-hybridized carbons (Fsp3) is 0.500. The molecule has 0 bridgehead atoms. The number of alkyl halides is 3. The number of hydrogen-bond acceptors (Lipinski definition) is 4. The van der Waals surface area contributed by atoms with Crippen LogP contribution in [-0.2, 0) is 27.0 Å². The van der Waals surface area contributed by atoms with E-state index in [0.29, 0.717) is 23.4 Å². The molecule has 0 saturated heterocycles. The molecule has 0 saturated carbocycles. The normalized spacial score (nSPS) is 11.4. The topological polar surface area (TPSA) is 57.5 Å². The van der Waals surface area contributed by atoms with Gasteiger partial charge in [-0.05, 0) is 13.0 Å². The second-order valence-corrected chi connectivity index (χ2v) is 3.80. The molecule has 5 nitrogen and oxygen atoms in total. The summed E-state index contributed by atoms with van der Waals surface area (Å²) in [6, 6.07) is 1.43. The Morgan fingerprint density at radius 2 is 2.00 bits per heavy atom. The van der Waals surface area contributed by atoms with Gasteiger partial charge in [-0.1, -0.05) is 0 Å². The Kier molecular flexibility index (Phi) is 5.75. The van der Waals surface area contributed by atoms with Crippen molar-refractivity contribution < 1.29 is 27.4 Å². The van der Waals surface area contributed by atoms with Gasteiger partial charge in [0.25, 0.3) is 5.56 Å². The first kappa shape index (κ1) is 16.2. The van der Waals surface area contributed by atoms with Crippen molar-refractivity contribution in [3.8, 4) is 0 Å². The van der Waals surface area contributed by atoms with E-state index in [9.17, 15) is 22.8 Å². The molecule has 0 atom stereocenters. The first-order valence-corrected chi connectivity index (χ1v) is 5.85. The molecule has 0 aromatic carbocycles. The van der Waals surface area contributed by atoms with Crippen LogP contribution in [0.15, 0.2) is 23.1 Å². The number of rotatable bonds is 6. The van der Waals surface area contributed by atoms with E-state index in [1.165, 1.54) is 0 Å². The van der Waals surface area contributed by atoms with Crippen LogP contribution >= 0.6 is 0 Å². The van der Waals surface area contributed by atoms with E-state index in [-0.39, 0.29) is 13.2 Å². The second kappa shape index (κ2) is 7.09. The van der Waals surface area contributed by atoms with Crippen LogP contribution in [0.5, 0.6) is 0 Å². The van der Waals surface area contributed by atoms with E-state index < -0.39 is 29.8 Å². The highest BCUT2D eigenvalue weighted by atomic mass is 19.4. The minimum Gasteiger partial charge on any atom is -0.462 e. The summed E-state index contributed by atoms with van der Waals surface area (Å²) in [4.78, 5) is 22.7. The predicted molar refractivity (Wildman–Crippen MR) is 63.2 cm³/mol. The lowest BCUT2D eigenvalue weighted by molar-refractivity contribution is -0.146. The Bertz CT molecular complexity index is 510. The molecule has 0 aliphatic rings. The van der Waals surface area contributed by atoms with Gasteiger partial charge in [-0.15, -0.1) is 0 Å². The van der Waals surface area contributed by atoms with Crippen molar-refractivity contribution >= 4 is 5.97 Å². The molecule has 0 radical (unpaired) electrons. The first-order valence-electron chi connectivity index (χ1n) is 5.85. The Hall–Kier alpha value is -1.83. The van der Waals surface area contributed by atoms with Gasteiger partial charge in [0.2, 0.25) is 0 Å². The lowest BCUT2D eigenvalue weighted by atomic mass is 10.3. The zero-order valence-electron chi connectivity index (χ0n) is 10.8. The van der Waals surface area contributed by atoms with Crippen LogP contribution in [0.4, 0.5) is 13.2 Å². The maximum atomic E-state index is 12.5. The summed E-state index contributed by atoms with van der Waals surface area (Å²) in [6.45, 7) is 1.84. The van der Waals surface area contributed by atoms with Crippen molar-refractivity contribution in [1.82, 2.24) is 4.57 Å². The molecule has 0 amide bonds. The maximum absolute atomic E-state index is 12.5. The molecule has 8 heteroatoms. The summed E-state index contributed by atoms with van der Waals surface area (Å²) in [6.07, 6.45) is -3.99. The van der Waals surface area contributed by atoms with E-state index in [1.807, 2.05) is 0 Å². The van der Waals surface area contributed by atoms with Gasteiger partial charge in [0.15, 0.2) is 0 Å². The number of ether oxygens (including phenoxy) is 2. The minimum atomic E-state index is -4.58. The average molecular weight is 293 g/mol. The Morgan fingerprint density at radius 3 is 2.60 bits per heavy atom. The van der Waals surface area contributed by atoms with Gasteiger partial charge in [-0.2, -0.15) is 13.2 Å². The van der Waals surface area contributed by atoms with E-state index in [2.05, 4.69) is 0 Å². The van der Waals surface area contributed by atoms with Crippen molar-refractivity contribution in [2.45, 2.75) is 19.6 Å². The molecule has 0 unspecified atom stereocenters. The minimum absolute atomic E-state index is 0.0135. The van der Waals surface area contributed by atoms with Crippen LogP contribution in [-0.4, -0.2) is 30.4 Å². The monoisotopic (exact) mass is 293 g/mol. The predicted octanol–water partition coefficient (Wildman–Crippen LogP) is 1.45. The highest BCUT2D eigenvalue weighted by molar-refractivity contribution is 5.69. The summed E-state index contributed by atoms with van der Waals surface area (Å²) in [7, 11) is 0. The highest BCUT2D eigenvalue weighted by Crippen LogP contribution is 2.27. The quantitative estimate of drug-likeness (QED) is 0.588. The van der Waals surface area contributed by atoms with Gasteiger partial charge >= 0.3 is 12.1 Å². The molecular formula is C12H14F3NO4. The zero-order chi connectivity index (χ0) is 15.2. The number of halogens is 3. The fourth-order valence-electron chi connectivity index (χ4n) is 1.37. The number of aromatic nitrogens is 1. The summed E-state index contributed by atoms with van der Waals surface area (Å²) >= 11 is 0. The van der Waals surface area contributed by atoms with E-state index in [4.69, 9.17) is 9.47 Å². The third kappa shape index (κ3) is 5.04. The molecular weight excluding hydrogens is 279 g/mol. The van der Waals surface area contributed by atoms with E-state index in [0.717, 1.165) is 6.07 Å². The lowest BCUT2D eigenvalue weighted by Crippen LogP contribution is -2.26. The molecule has 1 rings (SSSR count). The highest BCUT2D eigenvalue weighted by Gasteiger charge is 2.31. The number of carbonyl (C=O) groups excluding carboxylic acids is 1. The largest absolute Gasteiger partial charge is 0.462 e. The smallest absolute Gasteiger partial charge is 0.417 e. The van der Waals surface area contributed by atoms with Crippen LogP contribution in [0.2, 0.25) is 0 Å². The Labute approximate surface area is 112 Å². The van der Waals surface area contributed by atoms with Crippen molar-refractivity contribution in [2.75, 3.05) is 19.8 Å². The molecule has 0 aliphatic heterocycles. The van der Waals surface area contributed by atoms with Gasteiger partial charge in [0.1, 0.15) is 13.2 Å². The van der Waals surface area contributed by atoms with Crippen LogP contribution < -0.4 is 5.56 Å². The number of nitrogens with zero attached hydrogens (tertiary/aromatic N) is 1. The van der Waals surface area contributed by atoms with Crippen LogP contribution in [0, 0.1) is 0 Å². The summed E-state index contributed by atoms with van der Waals surface area (Å²) in [5.74, 6) is -0.800. The third-order valence-corrected chi connectivity index (χ3v) is 2.31. The fourth-order valence-corrected chi connectivity index (χ4v) is 1.37. The average Bonchev–Trinajstić information content (AvgIpc) is 2.36. The van der Waals surface area contributed by atoms with E-state index in [1.54, 1.807) is 6.92 Å². The Balaban J connectivity index is 2.67. The molecule has 0 N–H and O–H groups in total. The summed E-state index contributed by atoms with van der Waals surface area (Å²) in [5, 5.41) is 0. The van der Waals surface area contributed by atoms with Gasteiger partial charge in [0.05, 0.1) is 12.2 Å². The molecule has 112 valence electrons.